The van der Waals surface area contributed by atoms with Crippen LogP contribution >= 0.6 is 0 Å². The molecule has 0 N–H and O–H groups in total. The second-order valence-electron chi connectivity index (χ2n) is 4.85. The largest absolute Gasteiger partial charge is 0.496 e. The lowest BCUT2D eigenvalue weighted by Crippen LogP contribution is -2.04. The quantitative estimate of drug-likeness (QED) is 0.688. The molecule has 2 aromatic carbocycles. The number of carbonyl (C=O) groups is 1. The summed E-state index contributed by atoms with van der Waals surface area (Å²) in [5.74, 6) is 0.611. The van der Waals surface area contributed by atoms with Crippen LogP contribution in [0.15, 0.2) is 54.7 Å². The summed E-state index contributed by atoms with van der Waals surface area (Å²) in [6, 6.07) is 17.0. The number of hydrogen-bond donors (Lipinski definition) is 0. The maximum Gasteiger partial charge on any atom is 0.178 e. The lowest BCUT2D eigenvalue weighted by molar-refractivity contribution is 0.0998. The predicted molar refractivity (Wildman–Crippen MR) is 84.4 cm³/mol. The predicted octanol–water partition coefficient (Wildman–Crippen LogP) is 3.74. The topological polar surface area (TPSA) is 55.0 Å². The zero-order valence-corrected chi connectivity index (χ0v) is 12.1. The van der Waals surface area contributed by atoms with Crippen molar-refractivity contribution in [1.29, 1.82) is 5.26 Å². The average molecular weight is 290 g/mol. The van der Waals surface area contributed by atoms with Gasteiger partial charge in [0.1, 0.15) is 5.75 Å². The molecule has 4 nitrogen and oxygen atoms in total. The first-order chi connectivity index (χ1) is 10.8. The van der Waals surface area contributed by atoms with Crippen molar-refractivity contribution in [3.8, 4) is 17.5 Å². The van der Waals surface area contributed by atoms with Crippen LogP contribution in [-0.2, 0) is 0 Å². The van der Waals surface area contributed by atoms with Crippen LogP contribution in [0.4, 0.5) is 0 Å². The van der Waals surface area contributed by atoms with Crippen LogP contribution < -0.4 is 4.74 Å². The number of rotatable bonds is 4. The zero-order valence-electron chi connectivity index (χ0n) is 12.1. The molecule has 0 fully saturated rings. The average Bonchev–Trinajstić information content (AvgIpc) is 2.99. The first kappa shape index (κ1) is 13.9. The van der Waals surface area contributed by atoms with E-state index in [2.05, 4.69) is 0 Å². The molecule has 4 heteroatoms. The molecule has 0 aliphatic carbocycles. The van der Waals surface area contributed by atoms with E-state index in [4.69, 9.17) is 10.00 Å². The van der Waals surface area contributed by atoms with Gasteiger partial charge in [-0.05, 0) is 30.3 Å². The number of fused-ring (bicyclic) bond motifs is 1. The molecule has 3 aromatic rings. The third-order valence-electron chi connectivity index (χ3n) is 3.62. The van der Waals surface area contributed by atoms with Crippen molar-refractivity contribution >= 4 is 16.7 Å². The van der Waals surface area contributed by atoms with Crippen LogP contribution in [0.1, 0.15) is 16.8 Å². The molecule has 0 aliphatic heterocycles. The van der Waals surface area contributed by atoms with Gasteiger partial charge in [-0.25, -0.2) is 0 Å². The molecule has 0 bridgehead atoms. The van der Waals surface area contributed by atoms with Crippen molar-refractivity contribution < 1.29 is 9.53 Å². The van der Waals surface area contributed by atoms with Gasteiger partial charge in [-0.2, -0.15) is 5.26 Å². The number of Topliss-reactive ketones (excluding diaryl/α,β-unsaturated/α-hetero) is 1. The highest BCUT2D eigenvalue weighted by Gasteiger charge is 2.14. The van der Waals surface area contributed by atoms with Crippen molar-refractivity contribution in [2.24, 2.45) is 0 Å². The molecule has 0 unspecified atom stereocenters. The zero-order chi connectivity index (χ0) is 15.5. The molecule has 0 spiro atoms. The number of carbonyl (C=O) groups excluding carboxylic acids is 1. The molecular formula is C18H14N2O2. The Balaban J connectivity index is 2.21. The summed E-state index contributed by atoms with van der Waals surface area (Å²) >= 11 is 0. The number of ketones is 1. The second-order valence-corrected chi connectivity index (χ2v) is 4.85. The fourth-order valence-corrected chi connectivity index (χ4v) is 2.61. The number of methoxy groups -OCH3 is 1. The van der Waals surface area contributed by atoms with E-state index in [1.54, 1.807) is 19.2 Å². The van der Waals surface area contributed by atoms with E-state index in [0.717, 1.165) is 22.3 Å². The minimum Gasteiger partial charge on any atom is -0.496 e. The highest BCUT2D eigenvalue weighted by Crippen LogP contribution is 2.29. The van der Waals surface area contributed by atoms with E-state index in [9.17, 15) is 4.79 Å². The van der Waals surface area contributed by atoms with Gasteiger partial charge in [0, 0.05) is 17.1 Å². The van der Waals surface area contributed by atoms with E-state index in [0.29, 0.717) is 5.56 Å². The minimum atomic E-state index is -0.178. The summed E-state index contributed by atoms with van der Waals surface area (Å²) < 4.78 is 7.32. The Bertz CT molecular complexity index is 887. The number of nitriles is 1. The van der Waals surface area contributed by atoms with Gasteiger partial charge in [0.15, 0.2) is 5.78 Å². The molecule has 1 aromatic heterocycles. The van der Waals surface area contributed by atoms with E-state index in [-0.39, 0.29) is 12.2 Å². The fraction of sp³-hybridized carbons (Fsp3) is 0.111. The Kier molecular flexibility index (Phi) is 3.63. The van der Waals surface area contributed by atoms with Gasteiger partial charge in [0.2, 0.25) is 0 Å². The van der Waals surface area contributed by atoms with Crippen LogP contribution in [0.5, 0.6) is 5.75 Å². The molecule has 0 saturated carbocycles. The van der Waals surface area contributed by atoms with Gasteiger partial charge < -0.3 is 9.30 Å². The first-order valence-corrected chi connectivity index (χ1v) is 6.90. The Labute approximate surface area is 128 Å². The highest BCUT2D eigenvalue weighted by molar-refractivity contribution is 6.01. The van der Waals surface area contributed by atoms with Gasteiger partial charge in [0.05, 0.1) is 30.8 Å². The molecule has 3 rings (SSSR count). The van der Waals surface area contributed by atoms with Gasteiger partial charge in [-0.15, -0.1) is 0 Å². The summed E-state index contributed by atoms with van der Waals surface area (Å²) in [5, 5.41) is 9.74. The van der Waals surface area contributed by atoms with E-state index >= 15 is 0 Å². The van der Waals surface area contributed by atoms with Crippen LogP contribution in [0.3, 0.4) is 0 Å². The maximum absolute atomic E-state index is 12.2. The maximum atomic E-state index is 12.2. The number of benzene rings is 2. The summed E-state index contributed by atoms with van der Waals surface area (Å²) in [4.78, 5) is 12.2. The van der Waals surface area contributed by atoms with Crippen LogP contribution in [-0.4, -0.2) is 17.5 Å². The molecule has 0 radical (unpaired) electrons. The summed E-state index contributed by atoms with van der Waals surface area (Å²) in [6.07, 6.45) is 1.78. The van der Waals surface area contributed by atoms with Gasteiger partial charge >= 0.3 is 0 Å². The van der Waals surface area contributed by atoms with Gasteiger partial charge in [0.25, 0.3) is 0 Å². The highest BCUT2D eigenvalue weighted by atomic mass is 16.5. The molecule has 1 heterocycles. The Hall–Kier alpha value is -3.06. The van der Waals surface area contributed by atoms with E-state index < -0.39 is 0 Å². The Morgan fingerprint density at radius 3 is 2.77 bits per heavy atom. The first-order valence-electron chi connectivity index (χ1n) is 6.90. The minimum absolute atomic E-state index is 0.125. The summed E-state index contributed by atoms with van der Waals surface area (Å²) in [7, 11) is 1.64. The molecule has 0 saturated heterocycles. The lowest BCUT2D eigenvalue weighted by atomic mass is 10.1. The van der Waals surface area contributed by atoms with Crippen LogP contribution in [0.25, 0.3) is 16.6 Å². The number of nitrogens with zero attached hydrogens (tertiary/aromatic N) is 2. The second kappa shape index (κ2) is 5.74. The van der Waals surface area contributed by atoms with Crippen molar-refractivity contribution in [1.82, 2.24) is 4.57 Å². The molecule has 0 aliphatic rings. The smallest absolute Gasteiger partial charge is 0.178 e. The number of para-hydroxylation sites is 1. The summed E-state index contributed by atoms with van der Waals surface area (Å²) in [6.45, 7) is 0. The monoisotopic (exact) mass is 290 g/mol. The number of ether oxygens (including phenoxy) is 1. The standard InChI is InChI=1S/C18H14N2O2/c1-22-18-8-4-7-16-14(18)10-12-20(16)15-6-3-2-5-13(15)17(21)9-11-19/h2-8,10,12H,9H2,1H3. The van der Waals surface area contributed by atoms with Crippen molar-refractivity contribution in [3.05, 3.63) is 60.3 Å². The molecule has 0 atom stereocenters. The molecular weight excluding hydrogens is 276 g/mol. The summed E-state index contributed by atoms with van der Waals surface area (Å²) in [5.41, 5.74) is 2.27. The third-order valence-corrected chi connectivity index (χ3v) is 3.62. The van der Waals surface area contributed by atoms with Crippen molar-refractivity contribution in [2.45, 2.75) is 6.42 Å². The number of aromatic nitrogens is 1. The van der Waals surface area contributed by atoms with Crippen molar-refractivity contribution in [3.63, 3.8) is 0 Å². The van der Waals surface area contributed by atoms with E-state index in [1.807, 2.05) is 53.2 Å². The molecule has 108 valence electrons. The Morgan fingerprint density at radius 2 is 2.00 bits per heavy atom. The van der Waals surface area contributed by atoms with Crippen LogP contribution in [0.2, 0.25) is 0 Å². The van der Waals surface area contributed by atoms with Crippen molar-refractivity contribution in [2.75, 3.05) is 7.11 Å². The molecule has 0 amide bonds. The lowest BCUT2D eigenvalue weighted by Gasteiger charge is -2.11. The van der Waals surface area contributed by atoms with Crippen LogP contribution in [0, 0.1) is 11.3 Å². The number of hydrogen-bond acceptors (Lipinski definition) is 3. The third kappa shape index (κ3) is 2.23. The SMILES string of the molecule is COc1cccc2c1ccn2-c1ccccc1C(=O)CC#N. The molecule has 22 heavy (non-hydrogen) atoms. The van der Waals surface area contributed by atoms with Gasteiger partial charge in [-0.1, -0.05) is 18.2 Å². The van der Waals surface area contributed by atoms with Gasteiger partial charge in [-0.3, -0.25) is 4.79 Å². The van der Waals surface area contributed by atoms with E-state index in [1.165, 1.54) is 0 Å². The fourth-order valence-electron chi connectivity index (χ4n) is 2.61. The Morgan fingerprint density at radius 1 is 1.18 bits per heavy atom. The normalized spacial score (nSPS) is 10.4.